The van der Waals surface area contributed by atoms with Gasteiger partial charge in [0.2, 0.25) is 5.91 Å². The molecule has 0 bridgehead atoms. The molecule has 0 aliphatic rings. The predicted molar refractivity (Wildman–Crippen MR) is 97.6 cm³/mol. The lowest BCUT2D eigenvalue weighted by Crippen LogP contribution is -2.22. The highest BCUT2D eigenvalue weighted by molar-refractivity contribution is 9.10. The SMILES string of the molecule is CCOc1cc(C(=O)C(Br)CC)ccc1NC(=O)C(CC)CC. The van der Waals surface area contributed by atoms with Crippen LogP contribution >= 0.6 is 15.9 Å². The first kappa shape index (κ1) is 19.7. The topological polar surface area (TPSA) is 55.4 Å². The van der Waals surface area contributed by atoms with E-state index in [1.54, 1.807) is 18.2 Å². The Balaban J connectivity index is 3.04. The fourth-order valence-electron chi connectivity index (χ4n) is 2.31. The van der Waals surface area contributed by atoms with E-state index < -0.39 is 0 Å². The monoisotopic (exact) mass is 383 g/mol. The van der Waals surface area contributed by atoms with Crippen LogP contribution < -0.4 is 10.1 Å². The van der Waals surface area contributed by atoms with Gasteiger partial charge in [-0.1, -0.05) is 36.7 Å². The van der Waals surface area contributed by atoms with E-state index in [1.165, 1.54) is 0 Å². The molecule has 5 heteroatoms. The highest BCUT2D eigenvalue weighted by Crippen LogP contribution is 2.28. The fraction of sp³-hybridized carbons (Fsp3) is 0.556. The van der Waals surface area contributed by atoms with E-state index in [9.17, 15) is 9.59 Å². The van der Waals surface area contributed by atoms with E-state index in [0.29, 0.717) is 23.6 Å². The average molecular weight is 384 g/mol. The van der Waals surface area contributed by atoms with E-state index in [2.05, 4.69) is 21.2 Å². The first-order chi connectivity index (χ1) is 11.0. The van der Waals surface area contributed by atoms with Gasteiger partial charge in [0.25, 0.3) is 0 Å². The summed E-state index contributed by atoms with van der Waals surface area (Å²) in [5, 5.41) is 2.92. The van der Waals surface area contributed by atoms with Crippen LogP contribution in [0, 0.1) is 5.92 Å². The van der Waals surface area contributed by atoms with E-state index in [4.69, 9.17) is 4.74 Å². The molecule has 1 N–H and O–H groups in total. The van der Waals surface area contributed by atoms with E-state index >= 15 is 0 Å². The molecule has 0 aliphatic heterocycles. The molecule has 128 valence electrons. The lowest BCUT2D eigenvalue weighted by atomic mass is 10.0. The second-order valence-corrected chi connectivity index (χ2v) is 6.49. The molecule has 0 spiro atoms. The molecule has 0 aromatic heterocycles. The van der Waals surface area contributed by atoms with Crippen molar-refractivity contribution < 1.29 is 14.3 Å². The summed E-state index contributed by atoms with van der Waals surface area (Å²) in [5.74, 6) is 0.527. The highest BCUT2D eigenvalue weighted by atomic mass is 79.9. The van der Waals surface area contributed by atoms with Gasteiger partial charge >= 0.3 is 0 Å². The van der Waals surface area contributed by atoms with Crippen LogP contribution in [0.1, 0.15) is 57.3 Å². The molecule has 0 saturated heterocycles. The van der Waals surface area contributed by atoms with Crippen LogP contribution in [-0.4, -0.2) is 23.1 Å². The molecule has 1 aromatic rings. The van der Waals surface area contributed by atoms with Gasteiger partial charge in [-0.05, 0) is 44.4 Å². The van der Waals surface area contributed by atoms with Crippen LogP contribution in [-0.2, 0) is 4.79 Å². The maximum Gasteiger partial charge on any atom is 0.227 e. The number of anilines is 1. The van der Waals surface area contributed by atoms with Crippen molar-refractivity contribution in [1.82, 2.24) is 0 Å². The predicted octanol–water partition coefficient (Wildman–Crippen LogP) is 4.82. The quantitative estimate of drug-likeness (QED) is 0.491. The number of hydrogen-bond acceptors (Lipinski definition) is 3. The smallest absolute Gasteiger partial charge is 0.227 e. The minimum atomic E-state index is -0.206. The van der Waals surface area contributed by atoms with Gasteiger partial charge in [-0.2, -0.15) is 0 Å². The maximum absolute atomic E-state index is 12.3. The maximum atomic E-state index is 12.3. The molecule has 1 amide bonds. The summed E-state index contributed by atoms with van der Waals surface area (Å²) in [6.07, 6.45) is 2.31. The average Bonchev–Trinajstić information content (AvgIpc) is 2.56. The van der Waals surface area contributed by atoms with Crippen molar-refractivity contribution in [2.45, 2.75) is 51.8 Å². The standard InChI is InChI=1S/C18H26BrNO3/c1-5-12(6-2)18(22)20-15-10-9-13(11-16(15)23-8-4)17(21)14(19)7-3/h9-12,14H,5-8H2,1-4H3,(H,20,22). The van der Waals surface area contributed by atoms with Crippen LogP contribution in [0.25, 0.3) is 0 Å². The molecule has 0 saturated carbocycles. The van der Waals surface area contributed by atoms with E-state index in [0.717, 1.165) is 19.3 Å². The number of nitrogens with one attached hydrogen (secondary N) is 1. The Labute approximate surface area is 147 Å². The van der Waals surface area contributed by atoms with Crippen molar-refractivity contribution >= 4 is 33.3 Å². The second kappa shape index (κ2) is 9.71. The zero-order valence-corrected chi connectivity index (χ0v) is 15.9. The van der Waals surface area contributed by atoms with Gasteiger partial charge in [0.05, 0.1) is 17.1 Å². The Bertz CT molecular complexity index is 541. The molecule has 0 heterocycles. The van der Waals surface area contributed by atoms with Crippen molar-refractivity contribution in [3.63, 3.8) is 0 Å². The number of hydrogen-bond donors (Lipinski definition) is 1. The lowest BCUT2D eigenvalue weighted by molar-refractivity contribution is -0.120. The fourth-order valence-corrected chi connectivity index (χ4v) is 2.58. The molecular formula is C18H26BrNO3. The van der Waals surface area contributed by atoms with Crippen LogP contribution in [0.15, 0.2) is 18.2 Å². The van der Waals surface area contributed by atoms with Gasteiger partial charge in [-0.15, -0.1) is 0 Å². The molecule has 1 unspecified atom stereocenters. The molecule has 4 nitrogen and oxygen atoms in total. The van der Waals surface area contributed by atoms with Crippen LogP contribution in [0.3, 0.4) is 0 Å². The van der Waals surface area contributed by atoms with Crippen molar-refractivity contribution in [2.75, 3.05) is 11.9 Å². The lowest BCUT2D eigenvalue weighted by Gasteiger charge is -2.17. The van der Waals surface area contributed by atoms with Crippen molar-refractivity contribution in [3.05, 3.63) is 23.8 Å². The summed E-state index contributed by atoms with van der Waals surface area (Å²) in [6, 6.07) is 5.18. The van der Waals surface area contributed by atoms with E-state index in [-0.39, 0.29) is 22.4 Å². The zero-order valence-electron chi connectivity index (χ0n) is 14.3. The molecular weight excluding hydrogens is 358 g/mol. The Morgan fingerprint density at radius 3 is 2.30 bits per heavy atom. The number of halogens is 1. The Morgan fingerprint density at radius 2 is 1.78 bits per heavy atom. The highest BCUT2D eigenvalue weighted by Gasteiger charge is 2.19. The Kier molecular flexibility index (Phi) is 8.31. The minimum Gasteiger partial charge on any atom is -0.492 e. The number of benzene rings is 1. The van der Waals surface area contributed by atoms with Gasteiger partial charge in [0.15, 0.2) is 5.78 Å². The third kappa shape index (κ3) is 5.34. The third-order valence-electron chi connectivity index (χ3n) is 3.82. The van der Waals surface area contributed by atoms with Crippen LogP contribution in [0.4, 0.5) is 5.69 Å². The normalized spacial score (nSPS) is 12.1. The summed E-state index contributed by atoms with van der Waals surface area (Å²) >= 11 is 3.38. The van der Waals surface area contributed by atoms with Crippen molar-refractivity contribution in [1.29, 1.82) is 0 Å². The zero-order chi connectivity index (χ0) is 17.4. The van der Waals surface area contributed by atoms with Gasteiger partial charge in [-0.25, -0.2) is 0 Å². The molecule has 1 rings (SSSR count). The van der Waals surface area contributed by atoms with Gasteiger partial charge in [0, 0.05) is 11.5 Å². The Hall–Kier alpha value is -1.36. The molecule has 1 aromatic carbocycles. The molecule has 0 radical (unpaired) electrons. The minimum absolute atomic E-state index is 0.0121. The Morgan fingerprint density at radius 1 is 1.13 bits per heavy atom. The van der Waals surface area contributed by atoms with Crippen LogP contribution in [0.5, 0.6) is 5.75 Å². The molecule has 1 atom stereocenters. The summed E-state index contributed by atoms with van der Waals surface area (Å²) in [5.41, 5.74) is 1.20. The van der Waals surface area contributed by atoms with Crippen LogP contribution in [0.2, 0.25) is 0 Å². The summed E-state index contributed by atoms with van der Waals surface area (Å²) in [6.45, 7) is 8.29. The first-order valence-corrected chi connectivity index (χ1v) is 9.15. The third-order valence-corrected chi connectivity index (χ3v) is 4.89. The number of carbonyl (C=O) groups excluding carboxylic acids is 2. The number of alkyl halides is 1. The van der Waals surface area contributed by atoms with Gasteiger partial charge in [-0.3, -0.25) is 9.59 Å². The number of rotatable bonds is 9. The van der Waals surface area contributed by atoms with E-state index in [1.807, 2.05) is 27.7 Å². The van der Waals surface area contributed by atoms with Crippen molar-refractivity contribution in [3.8, 4) is 5.75 Å². The number of Topliss-reactive ketones (excluding diaryl/α,β-unsaturated/α-hetero) is 1. The second-order valence-electron chi connectivity index (χ2n) is 5.39. The number of ether oxygens (including phenoxy) is 1. The van der Waals surface area contributed by atoms with Crippen molar-refractivity contribution in [2.24, 2.45) is 5.92 Å². The summed E-state index contributed by atoms with van der Waals surface area (Å²) < 4.78 is 5.61. The first-order valence-electron chi connectivity index (χ1n) is 8.24. The summed E-state index contributed by atoms with van der Waals surface area (Å²) in [7, 11) is 0. The van der Waals surface area contributed by atoms with Gasteiger partial charge in [0.1, 0.15) is 5.75 Å². The number of amides is 1. The summed E-state index contributed by atoms with van der Waals surface area (Å²) in [4.78, 5) is 24.3. The molecule has 23 heavy (non-hydrogen) atoms. The largest absolute Gasteiger partial charge is 0.492 e. The number of ketones is 1. The number of carbonyl (C=O) groups is 2. The van der Waals surface area contributed by atoms with Gasteiger partial charge < -0.3 is 10.1 Å². The molecule has 0 aliphatic carbocycles. The molecule has 0 fully saturated rings.